The van der Waals surface area contributed by atoms with Crippen molar-refractivity contribution in [3.05, 3.63) is 60.4 Å². The molecule has 5 heteroatoms. The Balaban J connectivity index is 1.46. The highest BCUT2D eigenvalue weighted by molar-refractivity contribution is 5.79. The second kappa shape index (κ2) is 8.55. The summed E-state index contributed by atoms with van der Waals surface area (Å²) in [4.78, 5) is 4.31. The Hall–Kier alpha value is -2.27. The predicted octanol–water partition coefficient (Wildman–Crippen LogP) is 2.43. The number of nitrogens with zero attached hydrogens (tertiary/aromatic N) is 2. The van der Waals surface area contributed by atoms with Crippen LogP contribution in [-0.2, 0) is 11.3 Å². The Labute approximate surface area is 143 Å². The molecule has 2 aromatic rings. The second-order valence-electron chi connectivity index (χ2n) is 6.05. The highest BCUT2D eigenvalue weighted by atomic mass is 16.5. The van der Waals surface area contributed by atoms with E-state index in [4.69, 9.17) is 4.74 Å². The number of rotatable bonds is 6. The topological polar surface area (TPSA) is 50.6 Å². The molecule has 1 fully saturated rings. The highest BCUT2D eigenvalue weighted by Crippen LogP contribution is 2.33. The van der Waals surface area contributed by atoms with Crippen LogP contribution in [0.4, 0.5) is 0 Å². The first-order valence-corrected chi connectivity index (χ1v) is 8.58. The van der Waals surface area contributed by atoms with E-state index in [0.717, 1.165) is 38.6 Å². The van der Waals surface area contributed by atoms with Crippen LogP contribution in [0.3, 0.4) is 0 Å². The van der Waals surface area contributed by atoms with E-state index in [-0.39, 0.29) is 6.10 Å². The molecular formula is C19H26N4O. The van der Waals surface area contributed by atoms with E-state index in [1.165, 1.54) is 5.56 Å². The monoisotopic (exact) mass is 326 g/mol. The first kappa shape index (κ1) is 16.6. The fraction of sp³-hybridized carbons (Fsp3) is 0.421. The maximum Gasteiger partial charge on any atom is 0.191 e. The van der Waals surface area contributed by atoms with Crippen LogP contribution >= 0.6 is 0 Å². The van der Waals surface area contributed by atoms with Crippen LogP contribution in [0.5, 0.6) is 0 Å². The molecule has 1 aliphatic heterocycles. The van der Waals surface area contributed by atoms with Crippen molar-refractivity contribution in [3.63, 3.8) is 0 Å². The molecule has 0 amide bonds. The molecule has 5 nitrogen and oxygen atoms in total. The molecule has 2 N–H and O–H groups in total. The Morgan fingerprint density at radius 1 is 1.17 bits per heavy atom. The summed E-state index contributed by atoms with van der Waals surface area (Å²) >= 11 is 0. The van der Waals surface area contributed by atoms with Gasteiger partial charge in [-0.2, -0.15) is 0 Å². The van der Waals surface area contributed by atoms with Crippen molar-refractivity contribution in [1.82, 2.24) is 15.2 Å². The van der Waals surface area contributed by atoms with Crippen LogP contribution in [0.15, 0.2) is 59.9 Å². The number of guanidine groups is 1. The first-order chi connectivity index (χ1) is 11.9. The lowest BCUT2D eigenvalue weighted by molar-refractivity contribution is 0.0915. The quantitative estimate of drug-likeness (QED) is 0.633. The average Bonchev–Trinajstić information content (AvgIpc) is 3.30. The van der Waals surface area contributed by atoms with Gasteiger partial charge in [0.25, 0.3) is 0 Å². The highest BCUT2D eigenvalue weighted by Gasteiger charge is 2.29. The van der Waals surface area contributed by atoms with Crippen molar-refractivity contribution in [3.8, 4) is 0 Å². The van der Waals surface area contributed by atoms with Crippen LogP contribution in [0.25, 0.3) is 0 Å². The minimum atomic E-state index is 0.177. The molecule has 1 aromatic heterocycles. The standard InChI is InChI=1S/C19H26N4O/c1-20-19(21-10-13-23-11-5-6-12-23)22-15-17-9-14-24-18(17)16-7-3-2-4-8-16/h2-8,11-12,17-18H,9-10,13-15H2,1H3,(H2,20,21,22). The predicted molar refractivity (Wildman–Crippen MR) is 97.0 cm³/mol. The Bertz CT molecular complexity index is 624. The number of nitrogens with one attached hydrogen (secondary N) is 2. The first-order valence-electron chi connectivity index (χ1n) is 8.58. The third kappa shape index (κ3) is 4.38. The SMILES string of the molecule is CN=C(NCCn1cccc1)NCC1CCOC1c1ccccc1. The zero-order valence-corrected chi connectivity index (χ0v) is 14.2. The third-order valence-corrected chi connectivity index (χ3v) is 4.43. The van der Waals surface area contributed by atoms with Crippen molar-refractivity contribution in [2.24, 2.45) is 10.9 Å². The van der Waals surface area contributed by atoms with Crippen molar-refractivity contribution in [2.75, 3.05) is 26.7 Å². The molecule has 1 aliphatic rings. The van der Waals surface area contributed by atoms with E-state index in [9.17, 15) is 0 Å². The summed E-state index contributed by atoms with van der Waals surface area (Å²) in [6, 6.07) is 14.6. The van der Waals surface area contributed by atoms with Gasteiger partial charge in [0.05, 0.1) is 6.10 Å². The summed E-state index contributed by atoms with van der Waals surface area (Å²) in [5.41, 5.74) is 1.26. The fourth-order valence-corrected chi connectivity index (χ4v) is 3.13. The summed E-state index contributed by atoms with van der Waals surface area (Å²) in [7, 11) is 1.81. The van der Waals surface area contributed by atoms with Gasteiger partial charge in [-0.1, -0.05) is 30.3 Å². The van der Waals surface area contributed by atoms with E-state index in [2.05, 4.69) is 56.9 Å². The summed E-state index contributed by atoms with van der Waals surface area (Å²) in [6.07, 6.45) is 5.39. The molecule has 0 bridgehead atoms. The minimum Gasteiger partial charge on any atom is -0.373 e. The third-order valence-electron chi connectivity index (χ3n) is 4.43. The van der Waals surface area contributed by atoms with Crippen LogP contribution in [-0.4, -0.2) is 37.3 Å². The van der Waals surface area contributed by atoms with Gasteiger partial charge < -0.3 is 19.9 Å². The van der Waals surface area contributed by atoms with Gasteiger partial charge in [0.15, 0.2) is 5.96 Å². The van der Waals surface area contributed by atoms with Crippen molar-refractivity contribution >= 4 is 5.96 Å². The molecule has 2 heterocycles. The minimum absolute atomic E-state index is 0.177. The van der Waals surface area contributed by atoms with Gasteiger partial charge in [-0.25, -0.2) is 0 Å². The summed E-state index contributed by atoms with van der Waals surface area (Å²) in [6.45, 7) is 3.46. The summed E-state index contributed by atoms with van der Waals surface area (Å²) in [5.74, 6) is 1.32. The van der Waals surface area contributed by atoms with Crippen LogP contribution in [0, 0.1) is 5.92 Å². The molecule has 1 saturated heterocycles. The average molecular weight is 326 g/mol. The molecule has 3 rings (SSSR count). The largest absolute Gasteiger partial charge is 0.373 e. The van der Waals surface area contributed by atoms with Gasteiger partial charge in [0, 0.05) is 51.6 Å². The van der Waals surface area contributed by atoms with E-state index in [1.807, 2.05) is 25.2 Å². The second-order valence-corrected chi connectivity index (χ2v) is 6.05. The van der Waals surface area contributed by atoms with Crippen molar-refractivity contribution < 1.29 is 4.74 Å². The number of ether oxygens (including phenoxy) is 1. The number of aromatic nitrogens is 1. The molecule has 128 valence electrons. The van der Waals surface area contributed by atoms with Crippen LogP contribution < -0.4 is 10.6 Å². The van der Waals surface area contributed by atoms with Gasteiger partial charge >= 0.3 is 0 Å². The van der Waals surface area contributed by atoms with E-state index < -0.39 is 0 Å². The zero-order valence-electron chi connectivity index (χ0n) is 14.2. The Morgan fingerprint density at radius 3 is 2.71 bits per heavy atom. The summed E-state index contributed by atoms with van der Waals surface area (Å²) in [5, 5.41) is 6.80. The molecule has 0 spiro atoms. The molecule has 24 heavy (non-hydrogen) atoms. The van der Waals surface area contributed by atoms with Gasteiger partial charge in [-0.15, -0.1) is 0 Å². The van der Waals surface area contributed by atoms with Crippen LogP contribution in [0.2, 0.25) is 0 Å². The van der Waals surface area contributed by atoms with Gasteiger partial charge in [0.1, 0.15) is 0 Å². The van der Waals surface area contributed by atoms with E-state index in [1.54, 1.807) is 0 Å². The van der Waals surface area contributed by atoms with E-state index >= 15 is 0 Å². The van der Waals surface area contributed by atoms with Gasteiger partial charge in [0.2, 0.25) is 0 Å². The lowest BCUT2D eigenvalue weighted by atomic mass is 9.95. The molecule has 0 aliphatic carbocycles. The van der Waals surface area contributed by atoms with Crippen LogP contribution in [0.1, 0.15) is 18.1 Å². The number of hydrogen-bond acceptors (Lipinski definition) is 2. The fourth-order valence-electron chi connectivity index (χ4n) is 3.13. The maximum absolute atomic E-state index is 5.94. The molecule has 0 saturated carbocycles. The number of hydrogen-bond donors (Lipinski definition) is 2. The molecule has 2 atom stereocenters. The normalized spacial score (nSPS) is 21.0. The smallest absolute Gasteiger partial charge is 0.191 e. The number of aliphatic imine (C=N–C) groups is 1. The Morgan fingerprint density at radius 2 is 1.96 bits per heavy atom. The maximum atomic E-state index is 5.94. The van der Waals surface area contributed by atoms with Crippen molar-refractivity contribution in [1.29, 1.82) is 0 Å². The molecular weight excluding hydrogens is 300 g/mol. The molecule has 2 unspecified atom stereocenters. The lowest BCUT2D eigenvalue weighted by Crippen LogP contribution is -2.41. The Kier molecular flexibility index (Phi) is 5.90. The molecule has 1 aromatic carbocycles. The van der Waals surface area contributed by atoms with Crippen molar-refractivity contribution in [2.45, 2.75) is 19.1 Å². The van der Waals surface area contributed by atoms with Gasteiger partial charge in [-0.05, 0) is 24.1 Å². The number of benzene rings is 1. The summed E-state index contributed by atoms with van der Waals surface area (Å²) < 4.78 is 8.09. The van der Waals surface area contributed by atoms with Gasteiger partial charge in [-0.3, -0.25) is 4.99 Å². The molecule has 0 radical (unpaired) electrons. The lowest BCUT2D eigenvalue weighted by Gasteiger charge is -2.21. The van der Waals surface area contributed by atoms with E-state index in [0.29, 0.717) is 5.92 Å². The zero-order chi connectivity index (χ0) is 16.6.